The Hall–Kier alpha value is -3.20. The highest BCUT2D eigenvalue weighted by atomic mass is 16.6. The average molecular weight is 420 g/mol. The summed E-state index contributed by atoms with van der Waals surface area (Å²) < 4.78 is 4.84. The molecule has 164 valence electrons. The molecule has 0 heterocycles. The number of carbonyl (C=O) groups excluding carboxylic acids is 3. The van der Waals surface area contributed by atoms with Gasteiger partial charge < -0.3 is 15.2 Å². The van der Waals surface area contributed by atoms with E-state index in [0.717, 1.165) is 5.56 Å². The lowest BCUT2D eigenvalue weighted by Crippen LogP contribution is -2.47. The van der Waals surface area contributed by atoms with E-state index < -0.39 is 42.1 Å². The normalized spacial score (nSPS) is 12.5. The van der Waals surface area contributed by atoms with Crippen LogP contribution in [0.3, 0.4) is 0 Å². The Balaban J connectivity index is 2.65. The Kier molecular flexibility index (Phi) is 10.8. The van der Waals surface area contributed by atoms with E-state index in [4.69, 9.17) is 14.7 Å². The topological polar surface area (TPSA) is 131 Å². The third-order valence-corrected chi connectivity index (χ3v) is 4.14. The van der Waals surface area contributed by atoms with Gasteiger partial charge in [-0.25, -0.2) is 10.3 Å². The maximum atomic E-state index is 12.6. The van der Waals surface area contributed by atoms with E-state index in [1.54, 1.807) is 13.8 Å². The number of ether oxygens (including phenoxy) is 1. The van der Waals surface area contributed by atoms with Gasteiger partial charge in [-0.3, -0.25) is 19.2 Å². The smallest absolute Gasteiger partial charge is 0.329 e. The van der Waals surface area contributed by atoms with Crippen molar-refractivity contribution < 1.29 is 33.9 Å². The Morgan fingerprint density at radius 3 is 2.37 bits per heavy atom. The molecule has 0 saturated carbocycles. The highest BCUT2D eigenvalue weighted by Crippen LogP contribution is 2.16. The molecule has 0 spiro atoms. The number of aliphatic carboxylic acids is 1. The zero-order valence-electron chi connectivity index (χ0n) is 17.1. The SMILES string of the molecule is C=CCOC(=O)C(CC(=O)O)NC(=O)C(CC(=O)NOCc1ccccc1)C(C)C. The predicted molar refractivity (Wildman–Crippen MR) is 108 cm³/mol. The van der Waals surface area contributed by atoms with Crippen LogP contribution in [0.4, 0.5) is 0 Å². The summed E-state index contributed by atoms with van der Waals surface area (Å²) in [5.41, 5.74) is 3.16. The second-order valence-corrected chi connectivity index (χ2v) is 6.93. The van der Waals surface area contributed by atoms with Crippen molar-refractivity contribution >= 4 is 23.8 Å². The molecule has 2 amide bonds. The van der Waals surface area contributed by atoms with E-state index >= 15 is 0 Å². The molecule has 0 radical (unpaired) electrons. The van der Waals surface area contributed by atoms with Gasteiger partial charge in [0.1, 0.15) is 12.6 Å². The zero-order valence-corrected chi connectivity index (χ0v) is 17.1. The first-order chi connectivity index (χ1) is 14.2. The number of nitrogens with one attached hydrogen (secondary N) is 2. The first-order valence-electron chi connectivity index (χ1n) is 9.48. The lowest BCUT2D eigenvalue weighted by Gasteiger charge is -2.23. The molecule has 0 aliphatic rings. The molecule has 0 fully saturated rings. The van der Waals surface area contributed by atoms with Crippen molar-refractivity contribution in [3.8, 4) is 0 Å². The van der Waals surface area contributed by atoms with Crippen LogP contribution in [0.2, 0.25) is 0 Å². The molecule has 2 atom stereocenters. The highest BCUT2D eigenvalue weighted by Gasteiger charge is 2.31. The van der Waals surface area contributed by atoms with Crippen LogP contribution in [0, 0.1) is 11.8 Å². The van der Waals surface area contributed by atoms with Gasteiger partial charge in [-0.05, 0) is 11.5 Å². The first-order valence-corrected chi connectivity index (χ1v) is 9.48. The lowest BCUT2D eigenvalue weighted by molar-refractivity contribution is -0.151. The summed E-state index contributed by atoms with van der Waals surface area (Å²) in [7, 11) is 0. The summed E-state index contributed by atoms with van der Waals surface area (Å²) >= 11 is 0. The third kappa shape index (κ3) is 9.33. The van der Waals surface area contributed by atoms with Crippen LogP contribution in [0.25, 0.3) is 0 Å². The van der Waals surface area contributed by atoms with Gasteiger partial charge in [-0.15, -0.1) is 0 Å². The monoisotopic (exact) mass is 420 g/mol. The van der Waals surface area contributed by atoms with Gasteiger partial charge in [0.05, 0.1) is 13.0 Å². The number of carboxylic acid groups (broad SMARTS) is 1. The molecule has 30 heavy (non-hydrogen) atoms. The number of hydrogen-bond acceptors (Lipinski definition) is 6. The van der Waals surface area contributed by atoms with Crippen molar-refractivity contribution in [2.45, 2.75) is 39.3 Å². The van der Waals surface area contributed by atoms with Crippen molar-refractivity contribution in [3.05, 3.63) is 48.6 Å². The van der Waals surface area contributed by atoms with Gasteiger partial charge in [0.25, 0.3) is 0 Å². The molecule has 0 aromatic heterocycles. The van der Waals surface area contributed by atoms with Gasteiger partial charge in [0.15, 0.2) is 0 Å². The first kappa shape index (κ1) is 24.8. The van der Waals surface area contributed by atoms with E-state index in [1.807, 2.05) is 30.3 Å². The Morgan fingerprint density at radius 2 is 1.80 bits per heavy atom. The summed E-state index contributed by atoms with van der Waals surface area (Å²) in [5, 5.41) is 11.4. The van der Waals surface area contributed by atoms with Gasteiger partial charge in [-0.1, -0.05) is 56.8 Å². The molecule has 9 nitrogen and oxygen atoms in total. The van der Waals surface area contributed by atoms with E-state index in [9.17, 15) is 19.2 Å². The second kappa shape index (κ2) is 13.1. The van der Waals surface area contributed by atoms with E-state index in [2.05, 4.69) is 17.4 Å². The fourth-order valence-electron chi connectivity index (χ4n) is 2.54. The lowest BCUT2D eigenvalue weighted by atomic mass is 9.91. The van der Waals surface area contributed by atoms with Crippen LogP contribution in [-0.2, 0) is 35.4 Å². The van der Waals surface area contributed by atoms with Gasteiger partial charge in [-0.2, -0.15) is 0 Å². The second-order valence-electron chi connectivity index (χ2n) is 6.93. The standard InChI is InChI=1S/C21H28N2O7/c1-4-10-29-21(28)17(12-19(25)26)22-20(27)16(14(2)3)11-18(24)23-30-13-15-8-6-5-7-9-15/h4-9,14,16-17H,1,10-13H2,2-3H3,(H,22,27)(H,23,24)(H,25,26). The van der Waals surface area contributed by atoms with E-state index in [0.29, 0.717) is 0 Å². The molecule has 1 aromatic carbocycles. The van der Waals surface area contributed by atoms with Crippen LogP contribution in [0.15, 0.2) is 43.0 Å². The van der Waals surface area contributed by atoms with Gasteiger partial charge in [0.2, 0.25) is 11.8 Å². The summed E-state index contributed by atoms with van der Waals surface area (Å²) in [6.07, 6.45) is 0.493. The van der Waals surface area contributed by atoms with Crippen LogP contribution >= 0.6 is 0 Å². The van der Waals surface area contributed by atoms with Gasteiger partial charge in [0, 0.05) is 12.3 Å². The third-order valence-electron chi connectivity index (χ3n) is 4.14. The van der Waals surface area contributed by atoms with E-state index in [-0.39, 0.29) is 25.6 Å². The summed E-state index contributed by atoms with van der Waals surface area (Å²) in [6.45, 7) is 6.94. The molecular weight excluding hydrogens is 392 g/mol. The molecule has 9 heteroatoms. The number of hydroxylamine groups is 1. The minimum atomic E-state index is -1.37. The number of rotatable bonds is 13. The molecule has 1 aromatic rings. The Bertz CT molecular complexity index is 734. The molecule has 2 unspecified atom stereocenters. The number of carboxylic acids is 1. The van der Waals surface area contributed by atoms with Crippen molar-refractivity contribution in [3.63, 3.8) is 0 Å². The minimum Gasteiger partial charge on any atom is -0.481 e. The zero-order chi connectivity index (χ0) is 22.5. The molecule has 3 N–H and O–H groups in total. The molecule has 0 bridgehead atoms. The maximum absolute atomic E-state index is 12.6. The van der Waals surface area contributed by atoms with Crippen molar-refractivity contribution in [1.82, 2.24) is 10.8 Å². The van der Waals surface area contributed by atoms with Crippen molar-refractivity contribution in [2.24, 2.45) is 11.8 Å². The fourth-order valence-corrected chi connectivity index (χ4v) is 2.54. The van der Waals surface area contributed by atoms with Crippen LogP contribution in [0.5, 0.6) is 0 Å². The van der Waals surface area contributed by atoms with Crippen LogP contribution < -0.4 is 10.8 Å². The summed E-state index contributed by atoms with van der Waals surface area (Å²) in [5.74, 6) is -4.34. The maximum Gasteiger partial charge on any atom is 0.329 e. The Labute approximate surface area is 175 Å². The van der Waals surface area contributed by atoms with Gasteiger partial charge >= 0.3 is 11.9 Å². The average Bonchev–Trinajstić information content (AvgIpc) is 2.69. The van der Waals surface area contributed by atoms with Crippen LogP contribution in [0.1, 0.15) is 32.3 Å². The highest BCUT2D eigenvalue weighted by molar-refractivity contribution is 5.90. The molecule has 0 saturated heterocycles. The van der Waals surface area contributed by atoms with Crippen molar-refractivity contribution in [2.75, 3.05) is 6.61 Å². The molecular formula is C21H28N2O7. The molecule has 0 aliphatic heterocycles. The quantitative estimate of drug-likeness (QED) is 0.251. The number of benzene rings is 1. The molecule has 1 rings (SSSR count). The number of hydrogen-bond donors (Lipinski definition) is 3. The number of amides is 2. The number of carbonyl (C=O) groups is 4. The summed E-state index contributed by atoms with van der Waals surface area (Å²) in [6, 6.07) is 7.85. The van der Waals surface area contributed by atoms with Crippen molar-refractivity contribution in [1.29, 1.82) is 0 Å². The largest absolute Gasteiger partial charge is 0.481 e. The molecule has 0 aliphatic carbocycles. The predicted octanol–water partition coefficient (Wildman–Crippen LogP) is 1.59. The summed E-state index contributed by atoms with van der Waals surface area (Å²) in [4.78, 5) is 53.0. The fraction of sp³-hybridized carbons (Fsp3) is 0.429. The minimum absolute atomic E-state index is 0.112. The number of esters is 1. The Morgan fingerprint density at radius 1 is 1.13 bits per heavy atom. The van der Waals surface area contributed by atoms with Crippen LogP contribution in [-0.4, -0.2) is 41.5 Å². The van der Waals surface area contributed by atoms with E-state index in [1.165, 1.54) is 6.08 Å².